The third kappa shape index (κ3) is 5.71. The zero-order valence-corrected chi connectivity index (χ0v) is 11.1. The van der Waals surface area contributed by atoms with Crippen molar-refractivity contribution in [3.8, 4) is 0 Å². The number of aliphatic hydroxyl groups is 1. The third-order valence-corrected chi connectivity index (χ3v) is 2.76. The highest BCUT2D eigenvalue weighted by molar-refractivity contribution is 5.45. The Labute approximate surface area is 104 Å². The van der Waals surface area contributed by atoms with E-state index in [4.69, 9.17) is 5.11 Å². The molecule has 3 nitrogen and oxygen atoms in total. The second-order valence-electron chi connectivity index (χ2n) is 4.73. The molecule has 0 bridgehead atoms. The van der Waals surface area contributed by atoms with Gasteiger partial charge in [-0.25, -0.2) is 0 Å². The first-order valence-electron chi connectivity index (χ1n) is 6.24. The van der Waals surface area contributed by atoms with E-state index in [0.29, 0.717) is 0 Å². The van der Waals surface area contributed by atoms with Crippen molar-refractivity contribution in [2.24, 2.45) is 0 Å². The van der Waals surface area contributed by atoms with Gasteiger partial charge in [-0.15, -0.1) is 0 Å². The summed E-state index contributed by atoms with van der Waals surface area (Å²) in [4.78, 5) is 2.10. The summed E-state index contributed by atoms with van der Waals surface area (Å²) in [7, 11) is 4.09. The van der Waals surface area contributed by atoms with Crippen molar-refractivity contribution in [3.63, 3.8) is 0 Å². The first kappa shape index (κ1) is 14.0. The molecule has 0 fully saturated rings. The largest absolute Gasteiger partial charge is 0.393 e. The third-order valence-electron chi connectivity index (χ3n) is 2.76. The molecular weight excluding hydrogens is 212 g/mol. The second kappa shape index (κ2) is 7.30. The minimum absolute atomic E-state index is 0.184. The Kier molecular flexibility index (Phi) is 6.01. The molecule has 1 aromatic carbocycles. The highest BCUT2D eigenvalue weighted by atomic mass is 16.3. The Bertz CT molecular complexity index is 307. The van der Waals surface area contributed by atoms with Gasteiger partial charge in [-0.1, -0.05) is 12.1 Å². The normalized spacial score (nSPS) is 12.5. The number of aliphatic hydroxyl groups excluding tert-OH is 1. The predicted molar refractivity (Wildman–Crippen MR) is 73.4 cm³/mol. The summed E-state index contributed by atoms with van der Waals surface area (Å²) in [6, 6.07) is 8.56. The van der Waals surface area contributed by atoms with Gasteiger partial charge in [-0.3, -0.25) is 0 Å². The average Bonchev–Trinajstić information content (AvgIpc) is 2.29. The lowest BCUT2D eigenvalue weighted by Gasteiger charge is -2.13. The van der Waals surface area contributed by atoms with E-state index in [1.165, 1.54) is 11.3 Å². The van der Waals surface area contributed by atoms with Crippen LogP contribution in [0.2, 0.25) is 0 Å². The first-order valence-corrected chi connectivity index (χ1v) is 6.24. The number of rotatable bonds is 7. The smallest absolute Gasteiger partial charge is 0.0512 e. The minimum Gasteiger partial charge on any atom is -0.393 e. The van der Waals surface area contributed by atoms with Crippen LogP contribution in [0.4, 0.5) is 5.69 Å². The molecule has 0 saturated carbocycles. The Hall–Kier alpha value is -1.06. The van der Waals surface area contributed by atoms with Crippen LogP contribution in [0.1, 0.15) is 25.3 Å². The van der Waals surface area contributed by atoms with Gasteiger partial charge in [0, 0.05) is 26.3 Å². The van der Waals surface area contributed by atoms with Gasteiger partial charge in [0.15, 0.2) is 0 Å². The molecule has 1 atom stereocenters. The van der Waals surface area contributed by atoms with Gasteiger partial charge < -0.3 is 15.3 Å². The second-order valence-corrected chi connectivity index (χ2v) is 4.73. The number of anilines is 1. The van der Waals surface area contributed by atoms with Crippen molar-refractivity contribution in [3.05, 3.63) is 29.8 Å². The molecule has 0 saturated heterocycles. The summed E-state index contributed by atoms with van der Waals surface area (Å²) in [6.45, 7) is 3.69. The fourth-order valence-corrected chi connectivity index (χ4v) is 1.67. The van der Waals surface area contributed by atoms with E-state index in [1.807, 2.05) is 21.0 Å². The molecule has 0 aliphatic rings. The lowest BCUT2D eigenvalue weighted by molar-refractivity contribution is 0.181. The van der Waals surface area contributed by atoms with Gasteiger partial charge in [0.2, 0.25) is 0 Å². The van der Waals surface area contributed by atoms with E-state index >= 15 is 0 Å². The highest BCUT2D eigenvalue weighted by Gasteiger charge is 1.97. The highest BCUT2D eigenvalue weighted by Crippen LogP contribution is 2.11. The standard InChI is InChI=1S/C14H24N2O/c1-12(17)5-4-10-15-11-13-6-8-14(9-7-13)16(2)3/h6-9,12,15,17H,4-5,10-11H2,1-3H3. The first-order chi connectivity index (χ1) is 8.09. The van der Waals surface area contributed by atoms with Crippen molar-refractivity contribution in [2.75, 3.05) is 25.5 Å². The predicted octanol–water partition coefficient (Wildman–Crippen LogP) is 2.00. The van der Waals surface area contributed by atoms with Crippen LogP contribution in [0, 0.1) is 0 Å². The molecule has 17 heavy (non-hydrogen) atoms. The van der Waals surface area contributed by atoms with Crippen LogP contribution < -0.4 is 10.2 Å². The number of nitrogens with one attached hydrogen (secondary N) is 1. The van der Waals surface area contributed by atoms with Crippen LogP contribution in [-0.4, -0.2) is 31.9 Å². The summed E-state index contributed by atoms with van der Waals surface area (Å²) >= 11 is 0. The monoisotopic (exact) mass is 236 g/mol. The van der Waals surface area contributed by atoms with Crippen LogP contribution >= 0.6 is 0 Å². The maximum Gasteiger partial charge on any atom is 0.0512 e. The van der Waals surface area contributed by atoms with E-state index in [0.717, 1.165) is 25.9 Å². The molecule has 0 aromatic heterocycles. The molecule has 0 spiro atoms. The number of nitrogens with zero attached hydrogens (tertiary/aromatic N) is 1. The Balaban J connectivity index is 2.23. The van der Waals surface area contributed by atoms with E-state index in [-0.39, 0.29) is 6.10 Å². The molecule has 0 radical (unpaired) electrons. The van der Waals surface area contributed by atoms with Crippen LogP contribution in [-0.2, 0) is 6.54 Å². The zero-order valence-electron chi connectivity index (χ0n) is 11.1. The number of benzene rings is 1. The lowest BCUT2D eigenvalue weighted by Crippen LogP contribution is -2.16. The van der Waals surface area contributed by atoms with Crippen molar-refractivity contribution in [2.45, 2.75) is 32.4 Å². The summed E-state index contributed by atoms with van der Waals surface area (Å²) < 4.78 is 0. The van der Waals surface area contributed by atoms with Crippen LogP contribution in [0.5, 0.6) is 0 Å². The topological polar surface area (TPSA) is 35.5 Å². The maximum absolute atomic E-state index is 9.12. The fraction of sp³-hybridized carbons (Fsp3) is 0.571. The molecule has 1 unspecified atom stereocenters. The summed E-state index contributed by atoms with van der Waals surface area (Å²) in [5.74, 6) is 0. The van der Waals surface area contributed by atoms with Gasteiger partial charge in [0.05, 0.1) is 6.10 Å². The maximum atomic E-state index is 9.12. The van der Waals surface area contributed by atoms with Crippen LogP contribution in [0.15, 0.2) is 24.3 Å². The molecular formula is C14H24N2O. The molecule has 0 aliphatic carbocycles. The Morgan fingerprint density at radius 2 is 1.88 bits per heavy atom. The summed E-state index contributed by atoms with van der Waals surface area (Å²) in [6.07, 6.45) is 1.70. The quantitative estimate of drug-likeness (QED) is 0.711. The fourth-order valence-electron chi connectivity index (χ4n) is 1.67. The van der Waals surface area contributed by atoms with E-state index in [1.54, 1.807) is 0 Å². The Morgan fingerprint density at radius 3 is 2.41 bits per heavy atom. The van der Waals surface area contributed by atoms with Crippen LogP contribution in [0.25, 0.3) is 0 Å². The van der Waals surface area contributed by atoms with E-state index in [9.17, 15) is 0 Å². The van der Waals surface area contributed by atoms with Crippen molar-refractivity contribution in [1.29, 1.82) is 0 Å². The zero-order chi connectivity index (χ0) is 12.7. The summed E-state index contributed by atoms with van der Waals surface area (Å²) in [5.41, 5.74) is 2.52. The Morgan fingerprint density at radius 1 is 1.24 bits per heavy atom. The van der Waals surface area contributed by atoms with Gasteiger partial charge >= 0.3 is 0 Å². The van der Waals surface area contributed by atoms with Crippen molar-refractivity contribution in [1.82, 2.24) is 5.32 Å². The lowest BCUT2D eigenvalue weighted by atomic mass is 10.2. The molecule has 0 heterocycles. The molecule has 0 amide bonds. The van der Waals surface area contributed by atoms with Crippen LogP contribution in [0.3, 0.4) is 0 Å². The van der Waals surface area contributed by atoms with E-state index < -0.39 is 0 Å². The average molecular weight is 236 g/mol. The van der Waals surface area contributed by atoms with Gasteiger partial charge in [0.1, 0.15) is 0 Å². The summed E-state index contributed by atoms with van der Waals surface area (Å²) in [5, 5.41) is 12.5. The SMILES string of the molecule is CC(O)CCCNCc1ccc(N(C)C)cc1. The molecule has 96 valence electrons. The van der Waals surface area contributed by atoms with Gasteiger partial charge in [-0.2, -0.15) is 0 Å². The molecule has 1 aromatic rings. The van der Waals surface area contributed by atoms with Crippen molar-refractivity contribution < 1.29 is 5.11 Å². The van der Waals surface area contributed by atoms with Crippen molar-refractivity contribution >= 4 is 5.69 Å². The van der Waals surface area contributed by atoms with Gasteiger partial charge in [-0.05, 0) is 44.0 Å². The van der Waals surface area contributed by atoms with E-state index in [2.05, 4.69) is 34.5 Å². The number of hydrogen-bond acceptors (Lipinski definition) is 3. The number of hydrogen-bond donors (Lipinski definition) is 2. The van der Waals surface area contributed by atoms with Gasteiger partial charge in [0.25, 0.3) is 0 Å². The molecule has 0 aliphatic heterocycles. The molecule has 3 heteroatoms. The molecule has 2 N–H and O–H groups in total. The molecule has 1 rings (SSSR count). The minimum atomic E-state index is -0.184.